The summed E-state index contributed by atoms with van der Waals surface area (Å²) in [4.78, 5) is 16.2. The molecule has 1 amide bonds. The molecule has 0 saturated carbocycles. The van der Waals surface area contributed by atoms with Crippen molar-refractivity contribution in [3.05, 3.63) is 45.6 Å². The Balaban J connectivity index is 2.01. The van der Waals surface area contributed by atoms with Crippen LogP contribution >= 0.6 is 0 Å². The smallest absolute Gasteiger partial charge is 0.223 e. The third-order valence-electron chi connectivity index (χ3n) is 3.31. The fourth-order valence-corrected chi connectivity index (χ4v) is 2.24. The van der Waals surface area contributed by atoms with Crippen molar-refractivity contribution in [2.24, 2.45) is 11.0 Å². The topological polar surface area (TPSA) is 69.1 Å². The Hall–Kier alpha value is -2.07. The summed E-state index contributed by atoms with van der Waals surface area (Å²) in [6.07, 6.45) is 0.396. The number of nitrogens with zero attached hydrogens (tertiary/aromatic N) is 4. The number of aryl methyl sites for hydroxylation is 1. The quantitative estimate of drug-likeness (QED) is 0.467. The molecule has 1 aliphatic rings. The maximum Gasteiger partial charge on any atom is 0.223 e. The van der Waals surface area contributed by atoms with Crippen molar-refractivity contribution in [1.29, 1.82) is 0 Å². The normalized spacial score (nSPS) is 18.5. The summed E-state index contributed by atoms with van der Waals surface area (Å²) in [6.45, 7) is 3.01. The van der Waals surface area contributed by atoms with Crippen LogP contribution in [-0.4, -0.2) is 23.9 Å². The minimum Gasteiger partial charge on any atom is -0.338 e. The summed E-state index contributed by atoms with van der Waals surface area (Å²) in [5.41, 5.74) is 9.64. The average molecular weight is 262 g/mol. The van der Waals surface area contributed by atoms with E-state index >= 15 is 0 Å². The van der Waals surface area contributed by atoms with E-state index < -0.39 is 0 Å². The van der Waals surface area contributed by atoms with Crippen LogP contribution in [0.3, 0.4) is 0 Å². The van der Waals surface area contributed by atoms with Crippen LogP contribution in [0.25, 0.3) is 10.4 Å². The number of carbonyl (C=O) groups excluding carboxylic acids is 1. The molecule has 5 nitrogen and oxygen atoms in total. The van der Waals surface area contributed by atoms with E-state index in [4.69, 9.17) is 5.53 Å². The lowest BCUT2D eigenvalue weighted by Crippen LogP contribution is -2.24. The summed E-state index contributed by atoms with van der Waals surface area (Å²) >= 11 is 0. The standard InChI is InChI=1S/C13H15FN4O/c1-9-2-3-10(4-12(9)14)7-18-8-11(5-13(18)19)6-16-17-15/h2-4,11H,5-8H2,1H3. The van der Waals surface area contributed by atoms with E-state index in [2.05, 4.69) is 10.0 Å². The van der Waals surface area contributed by atoms with Crippen molar-refractivity contribution in [1.82, 2.24) is 4.90 Å². The van der Waals surface area contributed by atoms with Gasteiger partial charge in [0.15, 0.2) is 0 Å². The highest BCUT2D eigenvalue weighted by Gasteiger charge is 2.28. The third kappa shape index (κ3) is 3.23. The largest absolute Gasteiger partial charge is 0.338 e. The van der Waals surface area contributed by atoms with Crippen molar-refractivity contribution in [3.63, 3.8) is 0 Å². The van der Waals surface area contributed by atoms with Gasteiger partial charge < -0.3 is 4.90 Å². The molecule has 1 saturated heterocycles. The molecule has 1 aliphatic heterocycles. The Morgan fingerprint density at radius 1 is 1.58 bits per heavy atom. The number of hydrogen-bond donors (Lipinski definition) is 0. The van der Waals surface area contributed by atoms with Crippen LogP contribution < -0.4 is 0 Å². The summed E-state index contributed by atoms with van der Waals surface area (Å²) in [5.74, 6) is -0.160. The number of rotatable bonds is 4. The van der Waals surface area contributed by atoms with E-state index in [1.807, 2.05) is 6.07 Å². The minimum absolute atomic E-state index is 0.0270. The molecule has 100 valence electrons. The predicted octanol–water partition coefficient (Wildman–Crippen LogP) is 2.79. The van der Waals surface area contributed by atoms with Crippen molar-refractivity contribution >= 4 is 5.91 Å². The van der Waals surface area contributed by atoms with Crippen LogP contribution in [0.2, 0.25) is 0 Å². The van der Waals surface area contributed by atoms with Gasteiger partial charge in [0.2, 0.25) is 5.91 Å². The van der Waals surface area contributed by atoms with Gasteiger partial charge >= 0.3 is 0 Å². The number of azide groups is 1. The van der Waals surface area contributed by atoms with E-state index in [-0.39, 0.29) is 17.6 Å². The van der Waals surface area contributed by atoms with Gasteiger partial charge in [-0.1, -0.05) is 17.2 Å². The molecule has 19 heavy (non-hydrogen) atoms. The molecule has 6 heteroatoms. The number of benzene rings is 1. The van der Waals surface area contributed by atoms with Gasteiger partial charge in [0.05, 0.1) is 0 Å². The van der Waals surface area contributed by atoms with Crippen LogP contribution in [0, 0.1) is 18.7 Å². The molecule has 1 aromatic carbocycles. The molecule has 0 aliphatic carbocycles. The van der Waals surface area contributed by atoms with Gasteiger partial charge in [0, 0.05) is 31.0 Å². The highest BCUT2D eigenvalue weighted by atomic mass is 19.1. The summed E-state index contributed by atoms with van der Waals surface area (Å²) in [6, 6.07) is 5.00. The van der Waals surface area contributed by atoms with Crippen molar-refractivity contribution in [2.75, 3.05) is 13.1 Å². The predicted molar refractivity (Wildman–Crippen MR) is 68.7 cm³/mol. The van der Waals surface area contributed by atoms with Gasteiger partial charge in [0.25, 0.3) is 0 Å². The maximum absolute atomic E-state index is 13.4. The Morgan fingerprint density at radius 2 is 2.37 bits per heavy atom. The molecule has 0 N–H and O–H groups in total. The average Bonchev–Trinajstić information content (AvgIpc) is 2.72. The van der Waals surface area contributed by atoms with Gasteiger partial charge in [0.1, 0.15) is 5.82 Å². The Morgan fingerprint density at radius 3 is 3.05 bits per heavy atom. The number of hydrogen-bond acceptors (Lipinski definition) is 2. The second kappa shape index (κ2) is 5.71. The Labute approximate surface area is 110 Å². The van der Waals surface area contributed by atoms with Crippen molar-refractivity contribution in [3.8, 4) is 0 Å². The fraction of sp³-hybridized carbons (Fsp3) is 0.462. The van der Waals surface area contributed by atoms with Crippen LogP contribution in [0.15, 0.2) is 23.3 Å². The molecule has 1 heterocycles. The number of carbonyl (C=O) groups is 1. The summed E-state index contributed by atoms with van der Waals surface area (Å²) in [7, 11) is 0. The molecule has 1 aromatic rings. The Kier molecular flexibility index (Phi) is 4.02. The summed E-state index contributed by atoms with van der Waals surface area (Å²) < 4.78 is 13.4. The van der Waals surface area contributed by atoms with Gasteiger partial charge in [-0.05, 0) is 35.6 Å². The SMILES string of the molecule is Cc1ccc(CN2CC(CN=[N+]=[N-])CC2=O)cc1F. The van der Waals surface area contributed by atoms with E-state index in [0.29, 0.717) is 31.6 Å². The number of halogens is 1. The second-order valence-corrected chi connectivity index (χ2v) is 4.84. The minimum atomic E-state index is -0.255. The molecule has 1 atom stereocenters. The molecule has 1 fully saturated rings. The molecule has 0 radical (unpaired) electrons. The molecular weight excluding hydrogens is 247 g/mol. The zero-order valence-electron chi connectivity index (χ0n) is 10.7. The van der Waals surface area contributed by atoms with Gasteiger partial charge in [-0.3, -0.25) is 4.79 Å². The van der Waals surface area contributed by atoms with E-state index in [1.54, 1.807) is 17.9 Å². The molecule has 0 spiro atoms. The van der Waals surface area contributed by atoms with Crippen molar-refractivity contribution in [2.45, 2.75) is 19.9 Å². The van der Waals surface area contributed by atoms with Crippen molar-refractivity contribution < 1.29 is 9.18 Å². The van der Waals surface area contributed by atoms with Crippen LogP contribution in [0.1, 0.15) is 17.5 Å². The monoisotopic (exact) mass is 262 g/mol. The zero-order chi connectivity index (χ0) is 13.8. The third-order valence-corrected chi connectivity index (χ3v) is 3.31. The maximum atomic E-state index is 13.4. The first kappa shape index (κ1) is 13.4. The Bertz CT molecular complexity index is 539. The van der Waals surface area contributed by atoms with Gasteiger partial charge in [-0.2, -0.15) is 0 Å². The van der Waals surface area contributed by atoms with Crippen LogP contribution in [-0.2, 0) is 11.3 Å². The second-order valence-electron chi connectivity index (χ2n) is 4.84. The van der Waals surface area contributed by atoms with Crippen LogP contribution in [0.4, 0.5) is 4.39 Å². The van der Waals surface area contributed by atoms with Crippen LogP contribution in [0.5, 0.6) is 0 Å². The lowest BCUT2D eigenvalue weighted by Gasteiger charge is -2.16. The van der Waals surface area contributed by atoms with Gasteiger partial charge in [-0.25, -0.2) is 4.39 Å². The zero-order valence-corrected chi connectivity index (χ0v) is 10.7. The first-order chi connectivity index (χ1) is 9.10. The highest BCUT2D eigenvalue weighted by molar-refractivity contribution is 5.78. The highest BCUT2D eigenvalue weighted by Crippen LogP contribution is 2.21. The number of amides is 1. The molecular formula is C13H15FN4O. The lowest BCUT2D eigenvalue weighted by molar-refractivity contribution is -0.128. The lowest BCUT2D eigenvalue weighted by atomic mass is 10.1. The fourth-order valence-electron chi connectivity index (χ4n) is 2.24. The summed E-state index contributed by atoms with van der Waals surface area (Å²) in [5, 5.41) is 3.50. The first-order valence-electron chi connectivity index (χ1n) is 6.14. The molecule has 2 rings (SSSR count). The first-order valence-corrected chi connectivity index (χ1v) is 6.14. The molecule has 1 unspecified atom stereocenters. The number of likely N-dealkylation sites (tertiary alicyclic amines) is 1. The van der Waals surface area contributed by atoms with E-state index in [1.165, 1.54) is 6.07 Å². The van der Waals surface area contributed by atoms with E-state index in [9.17, 15) is 9.18 Å². The molecule has 0 aromatic heterocycles. The van der Waals surface area contributed by atoms with Gasteiger partial charge in [-0.15, -0.1) is 0 Å². The molecule has 0 bridgehead atoms. The van der Waals surface area contributed by atoms with E-state index in [0.717, 1.165) is 5.56 Å².